The number of rotatable bonds is 4. The van der Waals surface area contributed by atoms with Crippen LogP contribution >= 0.6 is 0 Å². The predicted molar refractivity (Wildman–Crippen MR) is 74.1 cm³/mol. The molecule has 0 aromatic carbocycles. The van der Waals surface area contributed by atoms with E-state index >= 15 is 0 Å². The first kappa shape index (κ1) is 15.0. The first-order chi connectivity index (χ1) is 7.79. The first-order valence-corrected chi connectivity index (χ1v) is 7.19. The SMILES string of the molecule is CCC(C)(C)C1CCC(O)CC1N(C)C(C)C. The zero-order chi connectivity index (χ0) is 13.2. The fourth-order valence-electron chi connectivity index (χ4n) is 3.13. The van der Waals surface area contributed by atoms with Crippen LogP contribution in [0.15, 0.2) is 0 Å². The highest BCUT2D eigenvalue weighted by Crippen LogP contribution is 2.42. The minimum atomic E-state index is -0.0925. The van der Waals surface area contributed by atoms with Crippen molar-refractivity contribution in [3.8, 4) is 0 Å². The molecule has 1 fully saturated rings. The molecule has 0 saturated heterocycles. The summed E-state index contributed by atoms with van der Waals surface area (Å²) in [6, 6.07) is 1.09. The van der Waals surface area contributed by atoms with Crippen molar-refractivity contribution < 1.29 is 5.11 Å². The van der Waals surface area contributed by atoms with Crippen LogP contribution in [-0.2, 0) is 0 Å². The van der Waals surface area contributed by atoms with Crippen molar-refractivity contribution in [1.82, 2.24) is 4.90 Å². The molecule has 0 spiro atoms. The Morgan fingerprint density at radius 1 is 1.29 bits per heavy atom. The molecule has 0 aromatic heterocycles. The summed E-state index contributed by atoms with van der Waals surface area (Å²) in [7, 11) is 2.21. The summed E-state index contributed by atoms with van der Waals surface area (Å²) < 4.78 is 0. The predicted octanol–water partition coefficient (Wildman–Crippen LogP) is 3.29. The fourth-order valence-corrected chi connectivity index (χ4v) is 3.13. The van der Waals surface area contributed by atoms with Crippen LogP contribution in [0.4, 0.5) is 0 Å². The van der Waals surface area contributed by atoms with Gasteiger partial charge in [0.1, 0.15) is 0 Å². The van der Waals surface area contributed by atoms with Gasteiger partial charge >= 0.3 is 0 Å². The number of aliphatic hydroxyl groups is 1. The Bertz CT molecular complexity index is 237. The molecular weight excluding hydrogens is 210 g/mol. The minimum absolute atomic E-state index is 0.0925. The Hall–Kier alpha value is -0.0800. The first-order valence-electron chi connectivity index (χ1n) is 7.19. The summed E-state index contributed by atoms with van der Waals surface area (Å²) in [5.74, 6) is 0.711. The number of nitrogens with zero attached hydrogens (tertiary/aromatic N) is 1. The maximum atomic E-state index is 9.94. The Morgan fingerprint density at radius 2 is 1.88 bits per heavy atom. The van der Waals surface area contributed by atoms with Gasteiger partial charge in [-0.3, -0.25) is 0 Å². The summed E-state index contributed by atoms with van der Waals surface area (Å²) >= 11 is 0. The summed E-state index contributed by atoms with van der Waals surface area (Å²) in [4.78, 5) is 2.46. The zero-order valence-electron chi connectivity index (χ0n) is 12.5. The molecule has 17 heavy (non-hydrogen) atoms. The Morgan fingerprint density at radius 3 is 2.35 bits per heavy atom. The van der Waals surface area contributed by atoms with E-state index in [2.05, 4.69) is 46.6 Å². The summed E-state index contributed by atoms with van der Waals surface area (Å²) in [6.45, 7) is 11.6. The lowest BCUT2D eigenvalue weighted by atomic mass is 9.66. The molecule has 1 aliphatic carbocycles. The lowest BCUT2D eigenvalue weighted by Crippen LogP contribution is -2.50. The summed E-state index contributed by atoms with van der Waals surface area (Å²) in [6.07, 6.45) is 4.23. The van der Waals surface area contributed by atoms with Gasteiger partial charge in [0, 0.05) is 12.1 Å². The van der Waals surface area contributed by atoms with Gasteiger partial charge in [-0.1, -0.05) is 27.2 Å². The van der Waals surface area contributed by atoms with Gasteiger partial charge in [-0.15, -0.1) is 0 Å². The van der Waals surface area contributed by atoms with Gasteiger partial charge in [-0.25, -0.2) is 0 Å². The summed E-state index contributed by atoms with van der Waals surface area (Å²) in [5.41, 5.74) is 0.383. The van der Waals surface area contributed by atoms with E-state index in [1.54, 1.807) is 0 Å². The lowest BCUT2D eigenvalue weighted by Gasteiger charge is -2.48. The maximum absolute atomic E-state index is 9.94. The van der Waals surface area contributed by atoms with Crippen LogP contribution < -0.4 is 0 Å². The third kappa shape index (κ3) is 3.45. The van der Waals surface area contributed by atoms with Crippen molar-refractivity contribution in [1.29, 1.82) is 0 Å². The smallest absolute Gasteiger partial charge is 0.0555 e. The molecule has 0 amide bonds. The van der Waals surface area contributed by atoms with Crippen molar-refractivity contribution in [2.45, 2.75) is 78.5 Å². The average molecular weight is 241 g/mol. The second-order valence-electron chi connectivity index (χ2n) is 6.74. The highest BCUT2D eigenvalue weighted by atomic mass is 16.3. The third-order valence-corrected chi connectivity index (χ3v) is 5.04. The highest BCUT2D eigenvalue weighted by Gasteiger charge is 2.40. The quantitative estimate of drug-likeness (QED) is 0.816. The Balaban J connectivity index is 2.85. The Kier molecular flexibility index (Phi) is 5.03. The standard InChI is InChI=1S/C15H31NO/c1-7-15(4,5)13-9-8-12(17)10-14(13)16(6)11(2)3/h11-14,17H,7-10H2,1-6H3. The van der Waals surface area contributed by atoms with Gasteiger partial charge in [-0.05, 0) is 51.5 Å². The molecule has 0 radical (unpaired) electrons. The van der Waals surface area contributed by atoms with Crippen LogP contribution in [-0.4, -0.2) is 35.2 Å². The maximum Gasteiger partial charge on any atom is 0.0555 e. The molecule has 0 bridgehead atoms. The van der Waals surface area contributed by atoms with E-state index in [0.29, 0.717) is 23.4 Å². The lowest BCUT2D eigenvalue weighted by molar-refractivity contribution is -0.0186. The molecule has 1 rings (SSSR count). The van der Waals surface area contributed by atoms with Crippen LogP contribution in [0.25, 0.3) is 0 Å². The molecule has 0 heterocycles. The van der Waals surface area contributed by atoms with Gasteiger partial charge in [0.2, 0.25) is 0 Å². The van der Waals surface area contributed by atoms with Gasteiger partial charge in [0.05, 0.1) is 6.10 Å². The van der Waals surface area contributed by atoms with Crippen LogP contribution in [0.2, 0.25) is 0 Å². The molecule has 3 atom stereocenters. The number of hydrogen-bond acceptors (Lipinski definition) is 2. The minimum Gasteiger partial charge on any atom is -0.393 e. The van der Waals surface area contributed by atoms with Crippen molar-refractivity contribution in [2.75, 3.05) is 7.05 Å². The van der Waals surface area contributed by atoms with Crippen LogP contribution in [0.5, 0.6) is 0 Å². The van der Waals surface area contributed by atoms with E-state index in [1.807, 2.05) is 0 Å². The number of hydrogen-bond donors (Lipinski definition) is 1. The largest absolute Gasteiger partial charge is 0.393 e. The van der Waals surface area contributed by atoms with Crippen LogP contribution in [0.3, 0.4) is 0 Å². The van der Waals surface area contributed by atoms with Crippen molar-refractivity contribution >= 4 is 0 Å². The monoisotopic (exact) mass is 241 g/mol. The fraction of sp³-hybridized carbons (Fsp3) is 1.00. The van der Waals surface area contributed by atoms with Crippen LogP contribution in [0.1, 0.15) is 60.3 Å². The van der Waals surface area contributed by atoms with Crippen molar-refractivity contribution in [2.24, 2.45) is 11.3 Å². The Labute approximate surface area is 107 Å². The second-order valence-corrected chi connectivity index (χ2v) is 6.74. The normalized spacial score (nSPS) is 31.2. The van der Waals surface area contributed by atoms with E-state index < -0.39 is 0 Å². The molecule has 2 nitrogen and oxygen atoms in total. The van der Waals surface area contributed by atoms with E-state index in [4.69, 9.17) is 0 Å². The molecule has 102 valence electrons. The van der Waals surface area contributed by atoms with Gasteiger partial charge in [0.25, 0.3) is 0 Å². The molecule has 2 heteroatoms. The van der Waals surface area contributed by atoms with E-state index in [1.165, 1.54) is 12.8 Å². The second kappa shape index (κ2) is 5.71. The van der Waals surface area contributed by atoms with E-state index in [9.17, 15) is 5.11 Å². The molecule has 3 unspecified atom stereocenters. The van der Waals surface area contributed by atoms with E-state index in [0.717, 1.165) is 12.8 Å². The number of aliphatic hydroxyl groups excluding tert-OH is 1. The average Bonchev–Trinajstić information content (AvgIpc) is 2.27. The topological polar surface area (TPSA) is 23.5 Å². The third-order valence-electron chi connectivity index (χ3n) is 5.04. The highest BCUT2D eigenvalue weighted by molar-refractivity contribution is 4.93. The zero-order valence-corrected chi connectivity index (χ0v) is 12.5. The van der Waals surface area contributed by atoms with Crippen molar-refractivity contribution in [3.05, 3.63) is 0 Å². The summed E-state index contributed by atoms with van der Waals surface area (Å²) in [5, 5.41) is 9.94. The van der Waals surface area contributed by atoms with E-state index in [-0.39, 0.29) is 6.10 Å². The molecule has 1 aliphatic rings. The molecular formula is C15H31NO. The van der Waals surface area contributed by atoms with Gasteiger partial charge < -0.3 is 10.0 Å². The van der Waals surface area contributed by atoms with Crippen LogP contribution in [0, 0.1) is 11.3 Å². The van der Waals surface area contributed by atoms with Crippen molar-refractivity contribution in [3.63, 3.8) is 0 Å². The molecule has 1 N–H and O–H groups in total. The molecule has 1 saturated carbocycles. The van der Waals surface area contributed by atoms with Gasteiger partial charge in [0.15, 0.2) is 0 Å². The molecule has 0 aliphatic heterocycles. The molecule has 0 aromatic rings. The van der Waals surface area contributed by atoms with Gasteiger partial charge in [-0.2, -0.15) is 0 Å².